The molecule has 166 valence electrons. The number of benzene rings is 1. The number of amides is 1. The number of sulfone groups is 1. The van der Waals surface area contributed by atoms with Gasteiger partial charge in [-0.15, -0.1) is 0 Å². The number of halogens is 2. The molecule has 2 aromatic rings. The van der Waals surface area contributed by atoms with Crippen LogP contribution in [-0.2, 0) is 14.6 Å². The van der Waals surface area contributed by atoms with Crippen molar-refractivity contribution in [2.45, 2.75) is 19.0 Å². The van der Waals surface area contributed by atoms with E-state index in [9.17, 15) is 17.6 Å². The molecular weight excluding hydrogens is 447 g/mol. The molecule has 0 radical (unpaired) electrons. The first-order valence-electron chi connectivity index (χ1n) is 9.45. The highest BCUT2D eigenvalue weighted by molar-refractivity contribution is 7.93. The fraction of sp³-hybridized carbons (Fsp3) is 0.350. The number of carbonyl (C=O) groups excluding carboxylic acids is 1. The Kier molecular flexibility index (Phi) is 7.24. The summed E-state index contributed by atoms with van der Waals surface area (Å²) >= 11 is 6.23. The molecule has 0 saturated carbocycles. The second-order valence-electron chi connectivity index (χ2n) is 7.10. The van der Waals surface area contributed by atoms with E-state index in [2.05, 4.69) is 15.3 Å². The molecule has 1 aliphatic heterocycles. The maximum atomic E-state index is 14.5. The summed E-state index contributed by atoms with van der Waals surface area (Å²) in [7, 11) is -3.28. The van der Waals surface area contributed by atoms with Crippen LogP contribution in [0.25, 0.3) is 0 Å². The van der Waals surface area contributed by atoms with E-state index in [0.29, 0.717) is 29.6 Å². The molecule has 0 bridgehead atoms. The first kappa shape index (κ1) is 23.1. The Morgan fingerprint density at radius 3 is 2.81 bits per heavy atom. The molecule has 8 nitrogen and oxygen atoms in total. The van der Waals surface area contributed by atoms with Crippen molar-refractivity contribution in [2.75, 3.05) is 30.9 Å². The lowest BCUT2D eigenvalue weighted by molar-refractivity contribution is 0.0923. The molecule has 2 heterocycles. The average Bonchev–Trinajstić information content (AvgIpc) is 2.72. The van der Waals surface area contributed by atoms with Gasteiger partial charge in [-0.3, -0.25) is 4.79 Å². The van der Waals surface area contributed by atoms with Crippen molar-refractivity contribution < 1.29 is 22.3 Å². The third-order valence-corrected chi connectivity index (χ3v) is 5.58. The van der Waals surface area contributed by atoms with Crippen molar-refractivity contribution >= 4 is 33.2 Å². The molecule has 2 atom stereocenters. The number of morpholine rings is 1. The van der Waals surface area contributed by atoms with Gasteiger partial charge in [0.1, 0.15) is 17.3 Å². The highest BCUT2D eigenvalue weighted by Gasteiger charge is 2.30. The van der Waals surface area contributed by atoms with Gasteiger partial charge < -0.3 is 15.0 Å². The second-order valence-corrected chi connectivity index (χ2v) is 9.44. The van der Waals surface area contributed by atoms with Crippen LogP contribution >= 0.6 is 11.6 Å². The van der Waals surface area contributed by atoms with E-state index in [1.807, 2.05) is 4.90 Å². The SMILES string of the molecule is C[C@H](/C=C/S(C)(=O)=O)NC(=O)c1cnc(N2CCOCC2c2c(F)cccc2Cl)cn1. The lowest BCUT2D eigenvalue weighted by atomic mass is 10.0. The number of hydrogen-bond acceptors (Lipinski definition) is 7. The summed E-state index contributed by atoms with van der Waals surface area (Å²) in [4.78, 5) is 22.7. The van der Waals surface area contributed by atoms with Crippen molar-refractivity contribution in [3.8, 4) is 0 Å². The van der Waals surface area contributed by atoms with Gasteiger partial charge in [-0.1, -0.05) is 23.7 Å². The Balaban J connectivity index is 1.76. The average molecular weight is 469 g/mol. The van der Waals surface area contributed by atoms with E-state index in [1.54, 1.807) is 13.0 Å². The fourth-order valence-electron chi connectivity index (χ4n) is 3.12. The van der Waals surface area contributed by atoms with Crippen LogP contribution in [-0.4, -0.2) is 56.3 Å². The predicted molar refractivity (Wildman–Crippen MR) is 115 cm³/mol. The van der Waals surface area contributed by atoms with Gasteiger partial charge in [0.25, 0.3) is 5.91 Å². The molecule has 0 spiro atoms. The van der Waals surface area contributed by atoms with E-state index in [4.69, 9.17) is 16.3 Å². The second kappa shape index (κ2) is 9.71. The summed E-state index contributed by atoms with van der Waals surface area (Å²) < 4.78 is 42.3. The molecule has 11 heteroatoms. The fourth-order valence-corrected chi connectivity index (χ4v) is 3.93. The minimum atomic E-state index is -3.28. The topological polar surface area (TPSA) is 101 Å². The van der Waals surface area contributed by atoms with Crippen LogP contribution in [0.15, 0.2) is 42.1 Å². The van der Waals surface area contributed by atoms with E-state index in [-0.39, 0.29) is 12.3 Å². The van der Waals surface area contributed by atoms with Crippen LogP contribution in [0.2, 0.25) is 5.02 Å². The van der Waals surface area contributed by atoms with Gasteiger partial charge in [0.15, 0.2) is 9.84 Å². The van der Waals surface area contributed by atoms with Gasteiger partial charge in [-0.05, 0) is 19.1 Å². The number of carbonyl (C=O) groups is 1. The molecule has 1 aromatic carbocycles. The summed E-state index contributed by atoms with van der Waals surface area (Å²) in [5, 5.41) is 3.94. The van der Waals surface area contributed by atoms with Gasteiger partial charge >= 0.3 is 0 Å². The van der Waals surface area contributed by atoms with Crippen molar-refractivity contribution in [3.05, 3.63) is 64.2 Å². The highest BCUT2D eigenvalue weighted by atomic mass is 35.5. The number of nitrogens with one attached hydrogen (secondary N) is 1. The van der Waals surface area contributed by atoms with Gasteiger partial charge in [0.05, 0.1) is 31.6 Å². The zero-order valence-corrected chi connectivity index (χ0v) is 18.5. The smallest absolute Gasteiger partial charge is 0.271 e. The van der Waals surface area contributed by atoms with Crippen LogP contribution in [0.4, 0.5) is 10.2 Å². The molecule has 1 N–H and O–H groups in total. The quantitative estimate of drug-likeness (QED) is 0.695. The number of ether oxygens (including phenoxy) is 1. The van der Waals surface area contributed by atoms with Crippen LogP contribution in [0, 0.1) is 5.82 Å². The molecule has 3 rings (SSSR count). The molecule has 1 amide bonds. The largest absolute Gasteiger partial charge is 0.377 e. The van der Waals surface area contributed by atoms with Crippen molar-refractivity contribution in [3.63, 3.8) is 0 Å². The van der Waals surface area contributed by atoms with Crippen molar-refractivity contribution in [1.82, 2.24) is 15.3 Å². The number of nitrogens with zero attached hydrogens (tertiary/aromatic N) is 3. The van der Waals surface area contributed by atoms with Crippen molar-refractivity contribution in [2.24, 2.45) is 0 Å². The summed E-state index contributed by atoms with van der Waals surface area (Å²) in [6.45, 7) is 2.74. The first-order valence-corrected chi connectivity index (χ1v) is 11.8. The van der Waals surface area contributed by atoms with Crippen LogP contribution in [0.1, 0.15) is 29.0 Å². The first-order chi connectivity index (χ1) is 14.7. The van der Waals surface area contributed by atoms with E-state index < -0.39 is 33.6 Å². The maximum absolute atomic E-state index is 14.5. The molecule has 1 unspecified atom stereocenters. The molecule has 1 aliphatic rings. The number of rotatable bonds is 6. The summed E-state index contributed by atoms with van der Waals surface area (Å²) in [5.74, 6) is -0.484. The van der Waals surface area contributed by atoms with E-state index >= 15 is 0 Å². The van der Waals surface area contributed by atoms with Gasteiger partial charge in [-0.2, -0.15) is 0 Å². The minimum absolute atomic E-state index is 0.0667. The predicted octanol–water partition coefficient (Wildman–Crippen LogP) is 2.52. The molecule has 31 heavy (non-hydrogen) atoms. The number of hydrogen-bond donors (Lipinski definition) is 1. The van der Waals surface area contributed by atoms with Crippen molar-refractivity contribution in [1.29, 1.82) is 0 Å². The lowest BCUT2D eigenvalue weighted by Gasteiger charge is -2.37. The van der Waals surface area contributed by atoms with Crippen LogP contribution in [0.5, 0.6) is 0 Å². The summed E-state index contributed by atoms with van der Waals surface area (Å²) in [5.41, 5.74) is 0.385. The van der Waals surface area contributed by atoms with E-state index in [1.165, 1.54) is 30.6 Å². The molecular formula is C20H22ClFN4O4S. The summed E-state index contributed by atoms with van der Waals surface area (Å²) in [6, 6.07) is 3.49. The number of aromatic nitrogens is 2. The van der Waals surface area contributed by atoms with Crippen LogP contribution < -0.4 is 10.2 Å². The van der Waals surface area contributed by atoms with E-state index in [0.717, 1.165) is 11.7 Å². The Bertz CT molecular complexity index is 1060. The zero-order valence-electron chi connectivity index (χ0n) is 17.0. The molecule has 1 aromatic heterocycles. The third kappa shape index (κ3) is 5.99. The van der Waals surface area contributed by atoms with Crippen LogP contribution in [0.3, 0.4) is 0 Å². The zero-order chi connectivity index (χ0) is 22.6. The molecule has 1 fully saturated rings. The maximum Gasteiger partial charge on any atom is 0.271 e. The molecule has 1 saturated heterocycles. The number of anilines is 1. The highest BCUT2D eigenvalue weighted by Crippen LogP contribution is 2.34. The monoisotopic (exact) mass is 468 g/mol. The Hall–Kier alpha value is -2.56. The molecule has 0 aliphatic carbocycles. The third-order valence-electron chi connectivity index (χ3n) is 4.60. The lowest BCUT2D eigenvalue weighted by Crippen LogP contribution is -2.41. The minimum Gasteiger partial charge on any atom is -0.377 e. The Morgan fingerprint density at radius 1 is 1.39 bits per heavy atom. The van der Waals surface area contributed by atoms with Gasteiger partial charge in [0, 0.05) is 34.8 Å². The Morgan fingerprint density at radius 2 is 2.16 bits per heavy atom. The standard InChI is InChI=1S/C20H22ClFN4O4S/c1-13(6-9-31(2,28)29)25-20(27)16-10-24-18(11-23-16)26-7-8-30-12-17(26)19-14(21)4-3-5-15(19)22/h3-6,9-11,13,17H,7-8,12H2,1-2H3,(H,25,27)/b9-6+/t13-,17?/m1/s1. The normalized spacial score (nSPS) is 18.2. The Labute approximate surface area is 185 Å². The van der Waals surface area contributed by atoms with Gasteiger partial charge in [-0.25, -0.2) is 22.8 Å². The summed E-state index contributed by atoms with van der Waals surface area (Å²) in [6.07, 6.45) is 5.17. The van der Waals surface area contributed by atoms with Gasteiger partial charge in [0.2, 0.25) is 0 Å².